The number of carboxylic acids is 1. The maximum atomic E-state index is 12.2. The topological polar surface area (TPSA) is 130 Å². The first-order valence-electron chi connectivity index (χ1n) is 16.6. The van der Waals surface area contributed by atoms with Gasteiger partial charge in [-0.2, -0.15) is 8.42 Å². The Hall–Kier alpha value is -3.61. The van der Waals surface area contributed by atoms with Gasteiger partial charge in [-0.15, -0.1) is 0 Å². The normalized spacial score (nSPS) is 15.5. The first-order valence-corrected chi connectivity index (χ1v) is 18.0. The second kappa shape index (κ2) is 16.9. The van der Waals surface area contributed by atoms with Crippen molar-refractivity contribution in [3.05, 3.63) is 99.6 Å². The third kappa shape index (κ3) is 10.4. The fourth-order valence-corrected chi connectivity index (χ4v) is 6.62. The predicted molar refractivity (Wildman–Crippen MR) is 188 cm³/mol. The minimum Gasteiger partial charge on any atom is -0.478 e. The van der Waals surface area contributed by atoms with E-state index < -0.39 is 16.1 Å². The molecule has 0 radical (unpaired) electrons. The fraction of sp³-hybridized carbons (Fsp3) is 0.474. The van der Waals surface area contributed by atoms with Gasteiger partial charge in [-0.05, 0) is 84.5 Å². The van der Waals surface area contributed by atoms with Crippen molar-refractivity contribution >= 4 is 21.8 Å². The summed E-state index contributed by atoms with van der Waals surface area (Å²) in [6, 6.07) is 17.6. The molecular weight excluding hydrogens is 646 g/mol. The molecule has 4 rings (SSSR count). The number of oxime groups is 1. The van der Waals surface area contributed by atoms with Gasteiger partial charge in [-0.25, -0.2) is 4.79 Å². The lowest BCUT2D eigenvalue weighted by Crippen LogP contribution is -2.34. The molecule has 3 aromatic rings. The highest BCUT2D eigenvalue weighted by Gasteiger charge is 2.37. The molecular formula is C38H49NO9S. The molecule has 0 fully saturated rings. The van der Waals surface area contributed by atoms with Gasteiger partial charge in [0.05, 0.1) is 56.7 Å². The van der Waals surface area contributed by atoms with Crippen molar-refractivity contribution in [1.82, 2.24) is 0 Å². The van der Waals surface area contributed by atoms with E-state index in [9.17, 15) is 18.3 Å². The number of carbonyl (C=O) groups is 1. The van der Waals surface area contributed by atoms with Crippen LogP contribution in [-0.4, -0.2) is 78.1 Å². The quantitative estimate of drug-likeness (QED) is 0.0679. The third-order valence-electron chi connectivity index (χ3n) is 8.85. The van der Waals surface area contributed by atoms with Gasteiger partial charge in [0.2, 0.25) is 0 Å². The van der Waals surface area contributed by atoms with Crippen LogP contribution in [0.15, 0.2) is 70.7 Å². The summed E-state index contributed by atoms with van der Waals surface area (Å²) in [5.41, 5.74) is 7.32. The molecule has 0 aliphatic heterocycles. The van der Waals surface area contributed by atoms with Crippen LogP contribution in [-0.2, 0) is 44.2 Å². The summed E-state index contributed by atoms with van der Waals surface area (Å²) in [5, 5.41) is 14.0. The molecule has 0 spiro atoms. The van der Waals surface area contributed by atoms with Gasteiger partial charge in [-0.1, -0.05) is 68.7 Å². The lowest BCUT2D eigenvalue weighted by Gasteiger charge is -2.42. The number of hydrogen-bond acceptors (Lipinski definition) is 9. The van der Waals surface area contributed by atoms with Gasteiger partial charge in [-0.3, -0.25) is 4.18 Å². The average Bonchev–Trinajstić information content (AvgIpc) is 3.05. The van der Waals surface area contributed by atoms with Crippen LogP contribution in [0.5, 0.6) is 0 Å². The molecule has 11 heteroatoms. The first-order chi connectivity index (χ1) is 23.2. The van der Waals surface area contributed by atoms with Crippen LogP contribution < -0.4 is 0 Å². The maximum absolute atomic E-state index is 12.2. The SMILES string of the molecule is Cc1ccc(S(=O)(=O)OCCOCCOCCOCCO/N=C(/c2ccc(C(=O)O)cc2)c2cc3c(cc2C)C(C)(C)CCC3(C)C)cc1. The Labute approximate surface area is 290 Å². The number of nitrogens with zero attached hydrogens (tertiary/aromatic N) is 1. The van der Waals surface area contributed by atoms with E-state index in [0.29, 0.717) is 38.7 Å². The Morgan fingerprint density at radius 1 is 0.714 bits per heavy atom. The highest BCUT2D eigenvalue weighted by atomic mass is 32.2. The van der Waals surface area contributed by atoms with Crippen LogP contribution in [0.3, 0.4) is 0 Å². The molecule has 1 aliphatic rings. The van der Waals surface area contributed by atoms with Crippen LogP contribution in [0.2, 0.25) is 0 Å². The highest BCUT2D eigenvalue weighted by Crippen LogP contribution is 2.46. The van der Waals surface area contributed by atoms with Crippen LogP contribution in [0, 0.1) is 13.8 Å². The summed E-state index contributed by atoms with van der Waals surface area (Å²) in [5.74, 6) is -0.985. The largest absolute Gasteiger partial charge is 0.478 e. The first kappa shape index (κ1) is 38.2. The maximum Gasteiger partial charge on any atom is 0.335 e. The molecule has 0 bridgehead atoms. The van der Waals surface area contributed by atoms with Crippen molar-refractivity contribution < 1.29 is 41.6 Å². The van der Waals surface area contributed by atoms with Crippen molar-refractivity contribution in [2.24, 2.45) is 5.16 Å². The molecule has 0 heterocycles. The standard InChI is InChI=1S/C38H49NO9S/c1-27-7-13-31(14-8-27)49(42,43)48-24-22-46-20-18-44-17-19-45-21-23-47-39-35(29-9-11-30(12-10-29)36(40)41)32-26-34-33(25-28(32)2)37(3,4)15-16-38(34,5)6/h7-14,25-26H,15-24H2,1-6H3,(H,40,41)/b39-35-. The zero-order valence-corrected chi connectivity index (χ0v) is 30.2. The number of carboxylic acid groups (broad SMARTS) is 1. The monoisotopic (exact) mass is 695 g/mol. The summed E-state index contributed by atoms with van der Waals surface area (Å²) >= 11 is 0. The van der Waals surface area contributed by atoms with Crippen LogP contribution in [0.4, 0.5) is 0 Å². The molecule has 49 heavy (non-hydrogen) atoms. The molecule has 0 saturated carbocycles. The number of rotatable bonds is 18. The minimum atomic E-state index is -3.81. The van der Waals surface area contributed by atoms with Gasteiger partial charge in [0, 0.05) is 11.1 Å². The van der Waals surface area contributed by atoms with Crippen LogP contribution >= 0.6 is 0 Å². The lowest BCUT2D eigenvalue weighted by atomic mass is 9.62. The molecule has 3 aromatic carbocycles. The molecule has 0 atom stereocenters. The fourth-order valence-electron chi connectivity index (χ4n) is 5.73. The van der Waals surface area contributed by atoms with E-state index in [-0.39, 0.29) is 41.1 Å². The average molecular weight is 696 g/mol. The van der Waals surface area contributed by atoms with Crippen molar-refractivity contribution in [2.75, 3.05) is 52.9 Å². The van der Waals surface area contributed by atoms with Gasteiger partial charge in [0.1, 0.15) is 12.3 Å². The second-order valence-electron chi connectivity index (χ2n) is 13.6. The Kier molecular flexibility index (Phi) is 13.1. The number of aromatic carboxylic acids is 1. The molecule has 0 aromatic heterocycles. The molecule has 0 unspecified atom stereocenters. The molecule has 0 saturated heterocycles. The predicted octanol–water partition coefficient (Wildman–Crippen LogP) is 6.57. The number of benzene rings is 3. The zero-order valence-electron chi connectivity index (χ0n) is 29.4. The summed E-state index contributed by atoms with van der Waals surface area (Å²) in [6.45, 7) is 15.0. The summed E-state index contributed by atoms with van der Waals surface area (Å²) < 4.78 is 45.9. The van der Waals surface area contributed by atoms with Crippen LogP contribution in [0.1, 0.15) is 84.3 Å². The van der Waals surface area contributed by atoms with Crippen molar-refractivity contribution in [3.63, 3.8) is 0 Å². The van der Waals surface area contributed by atoms with Gasteiger partial charge in [0.25, 0.3) is 10.1 Å². The van der Waals surface area contributed by atoms with Crippen molar-refractivity contribution in [1.29, 1.82) is 0 Å². The van der Waals surface area contributed by atoms with Crippen molar-refractivity contribution in [2.45, 2.75) is 70.1 Å². The van der Waals surface area contributed by atoms with E-state index >= 15 is 0 Å². The van der Waals surface area contributed by atoms with E-state index in [1.54, 1.807) is 36.4 Å². The zero-order chi connectivity index (χ0) is 35.7. The molecule has 10 nitrogen and oxygen atoms in total. The van der Waals surface area contributed by atoms with E-state index in [1.165, 1.54) is 23.3 Å². The number of fused-ring (bicyclic) bond motifs is 1. The number of ether oxygens (including phenoxy) is 3. The third-order valence-corrected chi connectivity index (χ3v) is 10.2. The Balaban J connectivity index is 1.23. The van der Waals surface area contributed by atoms with E-state index in [2.05, 4.69) is 51.9 Å². The number of hydrogen-bond donors (Lipinski definition) is 1. The smallest absolute Gasteiger partial charge is 0.335 e. The summed E-state index contributed by atoms with van der Waals surface area (Å²) in [6.07, 6.45) is 2.20. The Bertz CT molecular complexity index is 1700. The van der Waals surface area contributed by atoms with E-state index in [4.69, 9.17) is 23.2 Å². The van der Waals surface area contributed by atoms with Crippen molar-refractivity contribution in [3.8, 4) is 0 Å². The van der Waals surface area contributed by atoms with Gasteiger partial charge >= 0.3 is 5.97 Å². The van der Waals surface area contributed by atoms with E-state index in [0.717, 1.165) is 35.1 Å². The minimum absolute atomic E-state index is 0.00790. The highest BCUT2D eigenvalue weighted by molar-refractivity contribution is 7.86. The van der Waals surface area contributed by atoms with Crippen LogP contribution in [0.25, 0.3) is 0 Å². The van der Waals surface area contributed by atoms with Gasteiger partial charge < -0.3 is 24.2 Å². The Morgan fingerprint density at radius 3 is 1.76 bits per heavy atom. The molecule has 1 aliphatic carbocycles. The summed E-state index contributed by atoms with van der Waals surface area (Å²) in [7, 11) is -3.81. The molecule has 0 amide bonds. The molecule has 1 N–H and O–H groups in total. The summed E-state index contributed by atoms with van der Waals surface area (Å²) in [4.78, 5) is 17.3. The van der Waals surface area contributed by atoms with E-state index in [1.807, 2.05) is 6.92 Å². The molecule has 266 valence electrons. The lowest BCUT2D eigenvalue weighted by molar-refractivity contribution is -0.00379. The van der Waals surface area contributed by atoms with Gasteiger partial charge in [0.15, 0.2) is 0 Å². The Morgan fingerprint density at radius 2 is 1.20 bits per heavy atom. The number of aryl methyl sites for hydroxylation is 2. The second-order valence-corrected chi connectivity index (χ2v) is 15.2.